The van der Waals surface area contributed by atoms with Gasteiger partial charge < -0.3 is 10.2 Å². The molecule has 1 aliphatic heterocycles. The molecule has 0 aliphatic carbocycles. The van der Waals surface area contributed by atoms with Crippen molar-refractivity contribution in [3.63, 3.8) is 0 Å². The van der Waals surface area contributed by atoms with Crippen molar-refractivity contribution >= 4 is 24.1 Å². The van der Waals surface area contributed by atoms with Gasteiger partial charge in [0, 0.05) is 25.8 Å². The smallest absolute Gasteiger partial charge is 0.225 e. The van der Waals surface area contributed by atoms with Crippen LogP contribution in [0.15, 0.2) is 6.20 Å². The topological polar surface area (TPSA) is 58.1 Å². The summed E-state index contributed by atoms with van der Waals surface area (Å²) in [6, 6.07) is 0. The first kappa shape index (κ1) is 14.9. The predicted octanol–water partition coefficient (Wildman–Crippen LogP) is 1.21. The zero-order valence-electron chi connectivity index (χ0n) is 10.8. The average molecular weight is 271 g/mol. The monoisotopic (exact) mass is 270 g/mol. The molecule has 0 atom stereocenters. The minimum absolute atomic E-state index is 0. The van der Waals surface area contributed by atoms with Crippen LogP contribution in [-0.2, 0) is 0 Å². The van der Waals surface area contributed by atoms with Gasteiger partial charge in [0.15, 0.2) is 5.78 Å². The van der Waals surface area contributed by atoms with Crippen molar-refractivity contribution in [1.29, 1.82) is 0 Å². The number of aromatic nitrogens is 2. The number of hydrogen-bond donors (Lipinski definition) is 1. The maximum atomic E-state index is 11.3. The SMILES string of the molecule is CC(=O)c1cnc(N2CCCNCC2)nc1C.Cl. The third-order valence-corrected chi connectivity index (χ3v) is 2.97. The Labute approximate surface area is 113 Å². The number of rotatable bonds is 2. The summed E-state index contributed by atoms with van der Waals surface area (Å²) in [4.78, 5) is 22.2. The molecule has 0 amide bonds. The maximum Gasteiger partial charge on any atom is 0.225 e. The molecule has 100 valence electrons. The Hall–Kier alpha value is -1.20. The normalized spacial score (nSPS) is 15.8. The van der Waals surface area contributed by atoms with E-state index in [0.29, 0.717) is 5.56 Å². The number of carbonyl (C=O) groups excluding carboxylic acids is 1. The van der Waals surface area contributed by atoms with Gasteiger partial charge in [0.2, 0.25) is 5.95 Å². The zero-order chi connectivity index (χ0) is 12.3. The molecule has 1 fully saturated rings. The van der Waals surface area contributed by atoms with Crippen LogP contribution in [0, 0.1) is 6.92 Å². The van der Waals surface area contributed by atoms with E-state index in [4.69, 9.17) is 0 Å². The summed E-state index contributed by atoms with van der Waals surface area (Å²) in [5.41, 5.74) is 1.38. The standard InChI is InChI=1S/C12H18N4O.ClH/c1-9-11(10(2)17)8-14-12(15-9)16-6-3-4-13-5-7-16;/h8,13H,3-7H2,1-2H3;1H. The third-order valence-electron chi connectivity index (χ3n) is 2.97. The van der Waals surface area contributed by atoms with Crippen LogP contribution in [0.25, 0.3) is 0 Å². The van der Waals surface area contributed by atoms with Crippen LogP contribution >= 0.6 is 12.4 Å². The number of halogens is 1. The summed E-state index contributed by atoms with van der Waals surface area (Å²) in [7, 11) is 0. The lowest BCUT2D eigenvalue weighted by Crippen LogP contribution is -2.29. The quantitative estimate of drug-likeness (QED) is 0.819. The van der Waals surface area contributed by atoms with E-state index in [1.54, 1.807) is 13.1 Å². The first-order valence-corrected chi connectivity index (χ1v) is 5.98. The molecule has 2 heterocycles. The van der Waals surface area contributed by atoms with Crippen molar-refractivity contribution in [3.05, 3.63) is 17.5 Å². The van der Waals surface area contributed by atoms with E-state index in [1.165, 1.54) is 0 Å². The van der Waals surface area contributed by atoms with Crippen molar-refractivity contribution in [1.82, 2.24) is 15.3 Å². The second kappa shape index (κ2) is 6.66. The number of nitrogens with zero attached hydrogens (tertiary/aromatic N) is 3. The first-order valence-electron chi connectivity index (χ1n) is 5.98. The molecular formula is C12H19ClN4O. The summed E-state index contributed by atoms with van der Waals surface area (Å²) < 4.78 is 0. The van der Waals surface area contributed by atoms with Gasteiger partial charge in [-0.25, -0.2) is 9.97 Å². The fraction of sp³-hybridized carbons (Fsp3) is 0.583. The maximum absolute atomic E-state index is 11.3. The van der Waals surface area contributed by atoms with Gasteiger partial charge in [-0.3, -0.25) is 4.79 Å². The molecule has 1 aromatic heterocycles. The fourth-order valence-corrected chi connectivity index (χ4v) is 2.00. The summed E-state index contributed by atoms with van der Waals surface area (Å²) in [5.74, 6) is 0.753. The molecule has 18 heavy (non-hydrogen) atoms. The molecular weight excluding hydrogens is 252 g/mol. The second-order valence-corrected chi connectivity index (χ2v) is 4.32. The Morgan fingerprint density at radius 3 is 2.83 bits per heavy atom. The highest BCUT2D eigenvalue weighted by Gasteiger charge is 2.14. The Morgan fingerprint density at radius 2 is 2.17 bits per heavy atom. The average Bonchev–Trinajstić information content (AvgIpc) is 2.56. The van der Waals surface area contributed by atoms with Crippen LogP contribution in [0.2, 0.25) is 0 Å². The molecule has 1 saturated heterocycles. The van der Waals surface area contributed by atoms with Gasteiger partial charge in [0.05, 0.1) is 11.3 Å². The first-order chi connectivity index (χ1) is 8.18. The molecule has 0 bridgehead atoms. The largest absolute Gasteiger partial charge is 0.339 e. The van der Waals surface area contributed by atoms with E-state index in [-0.39, 0.29) is 18.2 Å². The number of carbonyl (C=O) groups is 1. The Morgan fingerprint density at radius 1 is 1.39 bits per heavy atom. The van der Waals surface area contributed by atoms with Crippen LogP contribution < -0.4 is 10.2 Å². The van der Waals surface area contributed by atoms with Gasteiger partial charge in [-0.1, -0.05) is 0 Å². The minimum Gasteiger partial charge on any atom is -0.339 e. The molecule has 0 radical (unpaired) electrons. The molecule has 0 unspecified atom stereocenters. The van der Waals surface area contributed by atoms with Crippen LogP contribution in [-0.4, -0.2) is 41.9 Å². The molecule has 0 aromatic carbocycles. The number of anilines is 1. The van der Waals surface area contributed by atoms with E-state index < -0.39 is 0 Å². The lowest BCUT2D eigenvalue weighted by molar-refractivity contribution is 0.101. The molecule has 6 heteroatoms. The van der Waals surface area contributed by atoms with Crippen molar-refractivity contribution in [2.24, 2.45) is 0 Å². The third kappa shape index (κ3) is 3.40. The van der Waals surface area contributed by atoms with Crippen LogP contribution in [0.3, 0.4) is 0 Å². The predicted molar refractivity (Wildman–Crippen MR) is 73.7 cm³/mol. The summed E-state index contributed by atoms with van der Waals surface area (Å²) >= 11 is 0. The molecule has 5 nitrogen and oxygen atoms in total. The summed E-state index contributed by atoms with van der Waals surface area (Å²) in [6.45, 7) is 7.28. The summed E-state index contributed by atoms with van der Waals surface area (Å²) in [5, 5.41) is 3.34. The molecule has 1 aromatic rings. The Kier molecular flexibility index (Phi) is 5.50. The van der Waals surface area contributed by atoms with Crippen molar-refractivity contribution in [2.45, 2.75) is 20.3 Å². The highest BCUT2D eigenvalue weighted by Crippen LogP contribution is 2.12. The highest BCUT2D eigenvalue weighted by molar-refractivity contribution is 5.94. The van der Waals surface area contributed by atoms with Gasteiger partial charge in [0.1, 0.15) is 0 Å². The molecule has 1 aliphatic rings. The lowest BCUT2D eigenvalue weighted by atomic mass is 10.2. The van der Waals surface area contributed by atoms with E-state index in [9.17, 15) is 4.79 Å². The van der Waals surface area contributed by atoms with Crippen molar-refractivity contribution in [2.75, 3.05) is 31.1 Å². The number of nitrogens with one attached hydrogen (secondary N) is 1. The number of aryl methyl sites for hydroxylation is 1. The van der Waals surface area contributed by atoms with Gasteiger partial charge in [-0.2, -0.15) is 0 Å². The van der Waals surface area contributed by atoms with Crippen LogP contribution in [0.5, 0.6) is 0 Å². The van der Waals surface area contributed by atoms with Gasteiger partial charge in [-0.15, -0.1) is 12.4 Å². The van der Waals surface area contributed by atoms with Crippen molar-refractivity contribution < 1.29 is 4.79 Å². The second-order valence-electron chi connectivity index (χ2n) is 4.32. The van der Waals surface area contributed by atoms with Crippen LogP contribution in [0.1, 0.15) is 29.4 Å². The van der Waals surface area contributed by atoms with Crippen LogP contribution in [0.4, 0.5) is 5.95 Å². The molecule has 0 saturated carbocycles. The highest BCUT2D eigenvalue weighted by atomic mass is 35.5. The Balaban J connectivity index is 0.00000162. The number of hydrogen-bond acceptors (Lipinski definition) is 5. The summed E-state index contributed by atoms with van der Waals surface area (Å²) in [6.07, 6.45) is 2.73. The Bertz CT molecular complexity index is 417. The minimum atomic E-state index is 0. The van der Waals surface area contributed by atoms with E-state index >= 15 is 0 Å². The van der Waals surface area contributed by atoms with E-state index in [2.05, 4.69) is 20.2 Å². The molecule has 2 rings (SSSR count). The molecule has 0 spiro atoms. The zero-order valence-corrected chi connectivity index (χ0v) is 11.6. The van der Waals surface area contributed by atoms with E-state index in [0.717, 1.165) is 44.2 Å². The number of Topliss-reactive ketones (excluding diaryl/α,β-unsaturated/α-hetero) is 1. The molecule has 1 N–H and O–H groups in total. The van der Waals surface area contributed by atoms with E-state index in [1.807, 2.05) is 6.92 Å². The number of ketones is 1. The van der Waals surface area contributed by atoms with Gasteiger partial charge in [-0.05, 0) is 26.8 Å². The van der Waals surface area contributed by atoms with Crippen molar-refractivity contribution in [3.8, 4) is 0 Å². The van der Waals surface area contributed by atoms with Gasteiger partial charge >= 0.3 is 0 Å². The fourth-order valence-electron chi connectivity index (χ4n) is 2.00. The lowest BCUT2D eigenvalue weighted by Gasteiger charge is -2.20. The van der Waals surface area contributed by atoms with Gasteiger partial charge in [0.25, 0.3) is 0 Å².